The molecule has 0 fully saturated rings. The summed E-state index contributed by atoms with van der Waals surface area (Å²) in [6.45, 7) is 13.3. The second-order valence-electron chi connectivity index (χ2n) is 5.88. The normalized spacial score (nSPS) is 11.7. The molecule has 0 saturated carbocycles. The Kier molecular flexibility index (Phi) is 4.38. The SMILES string of the molecule is CCc1cc(C(N)=O)c([Si](C)(C)C)c(CC)c1C. The van der Waals surface area contributed by atoms with Crippen LogP contribution in [0.15, 0.2) is 6.07 Å². The summed E-state index contributed by atoms with van der Waals surface area (Å²) in [6.07, 6.45) is 1.92. The molecule has 1 amide bonds. The first kappa shape index (κ1) is 15.0. The Hall–Kier alpha value is -1.09. The topological polar surface area (TPSA) is 43.1 Å². The third kappa shape index (κ3) is 2.66. The van der Waals surface area contributed by atoms with Crippen molar-refractivity contribution >= 4 is 19.2 Å². The second kappa shape index (κ2) is 5.27. The van der Waals surface area contributed by atoms with Crippen LogP contribution in [0, 0.1) is 6.92 Å². The van der Waals surface area contributed by atoms with Crippen molar-refractivity contribution < 1.29 is 4.79 Å². The quantitative estimate of drug-likeness (QED) is 0.834. The van der Waals surface area contributed by atoms with Crippen LogP contribution in [0.5, 0.6) is 0 Å². The minimum absolute atomic E-state index is 0.281. The minimum atomic E-state index is -1.57. The zero-order valence-electron chi connectivity index (χ0n) is 12.5. The lowest BCUT2D eigenvalue weighted by molar-refractivity contribution is 0.100. The fraction of sp³-hybridized carbons (Fsp3) is 0.533. The summed E-state index contributed by atoms with van der Waals surface area (Å²) in [7, 11) is -1.57. The smallest absolute Gasteiger partial charge is 0.248 e. The van der Waals surface area contributed by atoms with Crippen LogP contribution in [0.4, 0.5) is 0 Å². The standard InChI is InChI=1S/C15H25NOSi/c1-7-11-9-13(15(16)17)14(18(4,5)6)12(8-2)10(11)3/h9H,7-8H2,1-6H3,(H2,16,17). The zero-order chi connectivity index (χ0) is 14.1. The maximum atomic E-state index is 11.8. The van der Waals surface area contributed by atoms with Gasteiger partial charge in [0.25, 0.3) is 0 Å². The van der Waals surface area contributed by atoms with Crippen LogP contribution in [-0.4, -0.2) is 14.0 Å². The van der Waals surface area contributed by atoms with Crippen LogP contribution in [0.25, 0.3) is 0 Å². The molecule has 1 rings (SSSR count). The fourth-order valence-electron chi connectivity index (χ4n) is 2.76. The number of rotatable bonds is 4. The Morgan fingerprint density at radius 1 is 1.22 bits per heavy atom. The fourth-order valence-corrected chi connectivity index (χ4v) is 5.03. The van der Waals surface area contributed by atoms with Crippen LogP contribution in [0.1, 0.15) is 40.9 Å². The van der Waals surface area contributed by atoms with Gasteiger partial charge in [-0.1, -0.05) is 33.5 Å². The molecule has 0 spiro atoms. The predicted molar refractivity (Wildman–Crippen MR) is 81.4 cm³/mol. The van der Waals surface area contributed by atoms with Crippen molar-refractivity contribution in [3.05, 3.63) is 28.3 Å². The highest BCUT2D eigenvalue weighted by Crippen LogP contribution is 2.20. The Morgan fingerprint density at radius 3 is 2.11 bits per heavy atom. The number of primary amides is 1. The molecular formula is C15H25NOSi. The lowest BCUT2D eigenvalue weighted by Crippen LogP contribution is -2.45. The number of benzene rings is 1. The molecule has 18 heavy (non-hydrogen) atoms. The molecular weight excluding hydrogens is 238 g/mol. The van der Waals surface area contributed by atoms with Crippen LogP contribution in [0.3, 0.4) is 0 Å². The van der Waals surface area contributed by atoms with Gasteiger partial charge < -0.3 is 5.73 Å². The van der Waals surface area contributed by atoms with Crippen molar-refractivity contribution in [2.75, 3.05) is 0 Å². The van der Waals surface area contributed by atoms with Gasteiger partial charge in [-0.15, -0.1) is 0 Å². The van der Waals surface area contributed by atoms with E-state index in [9.17, 15) is 4.79 Å². The molecule has 0 aliphatic carbocycles. The molecule has 1 aromatic rings. The van der Waals surface area contributed by atoms with Gasteiger partial charge in [-0.3, -0.25) is 4.79 Å². The Balaban J connectivity index is 3.75. The number of hydrogen-bond donors (Lipinski definition) is 1. The highest BCUT2D eigenvalue weighted by Gasteiger charge is 2.27. The number of carbonyl (C=O) groups is 1. The molecule has 100 valence electrons. The monoisotopic (exact) mass is 263 g/mol. The van der Waals surface area contributed by atoms with E-state index in [1.165, 1.54) is 21.9 Å². The van der Waals surface area contributed by atoms with E-state index in [0.29, 0.717) is 0 Å². The van der Waals surface area contributed by atoms with E-state index in [2.05, 4.69) is 40.4 Å². The van der Waals surface area contributed by atoms with Gasteiger partial charge in [0.15, 0.2) is 0 Å². The van der Waals surface area contributed by atoms with Gasteiger partial charge in [-0.25, -0.2) is 0 Å². The molecule has 0 heterocycles. The van der Waals surface area contributed by atoms with Gasteiger partial charge in [-0.05, 0) is 47.7 Å². The number of nitrogens with two attached hydrogens (primary N) is 1. The van der Waals surface area contributed by atoms with Gasteiger partial charge in [0.05, 0.1) is 8.07 Å². The van der Waals surface area contributed by atoms with E-state index < -0.39 is 8.07 Å². The second-order valence-corrected chi connectivity index (χ2v) is 10.9. The van der Waals surface area contributed by atoms with Crippen LogP contribution >= 0.6 is 0 Å². The number of hydrogen-bond acceptors (Lipinski definition) is 1. The van der Waals surface area contributed by atoms with Gasteiger partial charge in [0.2, 0.25) is 5.91 Å². The predicted octanol–water partition coefficient (Wildman–Crippen LogP) is 2.76. The highest BCUT2D eigenvalue weighted by molar-refractivity contribution is 6.89. The minimum Gasteiger partial charge on any atom is -0.366 e. The summed E-state index contributed by atoms with van der Waals surface area (Å²) in [4.78, 5) is 11.8. The first-order valence-electron chi connectivity index (χ1n) is 6.69. The van der Waals surface area contributed by atoms with Gasteiger partial charge in [0, 0.05) is 5.56 Å². The maximum absolute atomic E-state index is 11.8. The van der Waals surface area contributed by atoms with E-state index in [1.54, 1.807) is 0 Å². The van der Waals surface area contributed by atoms with Gasteiger partial charge in [0.1, 0.15) is 0 Å². The van der Waals surface area contributed by atoms with E-state index in [-0.39, 0.29) is 5.91 Å². The molecule has 3 heteroatoms. The van der Waals surface area contributed by atoms with E-state index in [0.717, 1.165) is 18.4 Å². The average Bonchev–Trinajstić information content (AvgIpc) is 2.26. The van der Waals surface area contributed by atoms with E-state index >= 15 is 0 Å². The molecule has 2 N–H and O–H groups in total. The molecule has 2 nitrogen and oxygen atoms in total. The summed E-state index contributed by atoms with van der Waals surface area (Å²) in [6, 6.07) is 2.02. The first-order chi connectivity index (χ1) is 8.23. The molecule has 0 aliphatic rings. The molecule has 0 saturated heterocycles. The molecule has 0 radical (unpaired) electrons. The lowest BCUT2D eigenvalue weighted by Gasteiger charge is -2.26. The highest BCUT2D eigenvalue weighted by atomic mass is 28.3. The first-order valence-corrected chi connectivity index (χ1v) is 10.2. The lowest BCUT2D eigenvalue weighted by atomic mass is 9.95. The van der Waals surface area contributed by atoms with Crippen LogP contribution < -0.4 is 10.9 Å². The van der Waals surface area contributed by atoms with Gasteiger partial charge in [-0.2, -0.15) is 0 Å². The third-order valence-electron chi connectivity index (χ3n) is 3.57. The summed E-state index contributed by atoms with van der Waals surface area (Å²) in [5.41, 5.74) is 10.3. The van der Waals surface area contributed by atoms with Crippen molar-refractivity contribution in [2.45, 2.75) is 53.3 Å². The Labute approximate surface area is 112 Å². The van der Waals surface area contributed by atoms with Crippen molar-refractivity contribution in [3.63, 3.8) is 0 Å². The maximum Gasteiger partial charge on any atom is 0.248 e. The molecule has 0 bridgehead atoms. The zero-order valence-corrected chi connectivity index (χ0v) is 13.5. The van der Waals surface area contributed by atoms with Crippen molar-refractivity contribution in [3.8, 4) is 0 Å². The summed E-state index contributed by atoms with van der Waals surface area (Å²) in [5.74, 6) is -0.281. The summed E-state index contributed by atoms with van der Waals surface area (Å²) < 4.78 is 0. The molecule has 1 aromatic carbocycles. The Bertz CT molecular complexity index is 472. The number of carbonyl (C=O) groups excluding carboxylic acids is 1. The van der Waals surface area contributed by atoms with Crippen molar-refractivity contribution in [1.29, 1.82) is 0 Å². The summed E-state index contributed by atoms with van der Waals surface area (Å²) >= 11 is 0. The number of aryl methyl sites for hydroxylation is 1. The van der Waals surface area contributed by atoms with Crippen molar-refractivity contribution in [2.24, 2.45) is 5.73 Å². The van der Waals surface area contributed by atoms with Crippen LogP contribution in [0.2, 0.25) is 19.6 Å². The molecule has 0 unspecified atom stereocenters. The Morgan fingerprint density at radius 2 is 1.78 bits per heavy atom. The van der Waals surface area contributed by atoms with E-state index in [1.807, 2.05) is 6.07 Å². The average molecular weight is 263 g/mol. The molecule has 0 aromatic heterocycles. The number of amides is 1. The van der Waals surface area contributed by atoms with Gasteiger partial charge >= 0.3 is 0 Å². The molecule has 0 atom stereocenters. The van der Waals surface area contributed by atoms with Crippen molar-refractivity contribution in [1.82, 2.24) is 0 Å². The molecule has 0 aliphatic heterocycles. The van der Waals surface area contributed by atoms with E-state index in [4.69, 9.17) is 5.73 Å². The largest absolute Gasteiger partial charge is 0.366 e. The third-order valence-corrected chi connectivity index (χ3v) is 5.65. The summed E-state index contributed by atoms with van der Waals surface area (Å²) in [5, 5.41) is 1.26. The van der Waals surface area contributed by atoms with Crippen LogP contribution in [-0.2, 0) is 12.8 Å².